The van der Waals surface area contributed by atoms with Gasteiger partial charge in [0.2, 0.25) is 0 Å². The first-order valence-electron chi connectivity index (χ1n) is 6.39. The topological polar surface area (TPSA) is 75.9 Å². The van der Waals surface area contributed by atoms with E-state index in [1.807, 2.05) is 31.2 Å². The lowest BCUT2D eigenvalue weighted by atomic mass is 10.2. The molecule has 2 N–H and O–H groups in total. The van der Waals surface area contributed by atoms with Crippen LogP contribution in [0.2, 0.25) is 0 Å². The highest BCUT2D eigenvalue weighted by molar-refractivity contribution is 5.88. The van der Waals surface area contributed by atoms with Gasteiger partial charge in [0.15, 0.2) is 5.65 Å². The Bertz CT molecular complexity index is 737. The molecular formula is C14H15N5O. The Hall–Kier alpha value is -2.47. The zero-order chi connectivity index (χ0) is 13.9. The summed E-state index contributed by atoms with van der Waals surface area (Å²) in [5, 5.41) is 17.4. The molecule has 0 radical (unpaired) electrons. The molecule has 2 heterocycles. The van der Waals surface area contributed by atoms with Gasteiger partial charge in [0.25, 0.3) is 0 Å². The molecule has 6 nitrogen and oxygen atoms in total. The minimum Gasteiger partial charge on any atom is -0.394 e. The number of aryl methyl sites for hydroxylation is 1. The Kier molecular flexibility index (Phi) is 3.30. The lowest BCUT2D eigenvalue weighted by molar-refractivity contribution is 0.271. The van der Waals surface area contributed by atoms with Crippen LogP contribution in [0.4, 0.5) is 11.5 Å². The first-order valence-corrected chi connectivity index (χ1v) is 6.39. The van der Waals surface area contributed by atoms with Gasteiger partial charge in [-0.1, -0.05) is 18.2 Å². The number of para-hydroxylation sites is 1. The molecule has 6 heteroatoms. The SMILES string of the molecule is Cc1ccccc1Nc1ncnc2c1cnn2CCO. The molecule has 0 aliphatic heterocycles. The lowest BCUT2D eigenvalue weighted by Gasteiger charge is -2.09. The molecule has 3 aromatic rings. The molecule has 0 atom stereocenters. The minimum atomic E-state index is 0.0291. The number of hydrogen-bond donors (Lipinski definition) is 2. The summed E-state index contributed by atoms with van der Waals surface area (Å²) in [6, 6.07) is 8.01. The third-order valence-electron chi connectivity index (χ3n) is 3.14. The fourth-order valence-electron chi connectivity index (χ4n) is 2.09. The second-order valence-electron chi connectivity index (χ2n) is 4.49. The summed E-state index contributed by atoms with van der Waals surface area (Å²) in [7, 11) is 0. The van der Waals surface area contributed by atoms with Crippen LogP contribution in [0.5, 0.6) is 0 Å². The van der Waals surface area contributed by atoms with Crippen LogP contribution in [0.1, 0.15) is 5.56 Å². The van der Waals surface area contributed by atoms with Gasteiger partial charge in [0.1, 0.15) is 12.1 Å². The van der Waals surface area contributed by atoms with Crippen LogP contribution < -0.4 is 5.32 Å². The molecule has 0 aliphatic carbocycles. The van der Waals surface area contributed by atoms with Crippen molar-refractivity contribution in [3.63, 3.8) is 0 Å². The molecule has 0 fully saturated rings. The van der Waals surface area contributed by atoms with E-state index in [1.165, 1.54) is 6.33 Å². The van der Waals surface area contributed by atoms with Gasteiger partial charge in [0.05, 0.1) is 24.7 Å². The van der Waals surface area contributed by atoms with Gasteiger partial charge in [-0.05, 0) is 18.6 Å². The Balaban J connectivity index is 2.02. The van der Waals surface area contributed by atoms with E-state index < -0.39 is 0 Å². The molecule has 1 aromatic carbocycles. The van der Waals surface area contributed by atoms with Crippen LogP contribution in [0.3, 0.4) is 0 Å². The fourth-order valence-corrected chi connectivity index (χ4v) is 2.09. The third-order valence-corrected chi connectivity index (χ3v) is 3.14. The van der Waals surface area contributed by atoms with Gasteiger partial charge < -0.3 is 10.4 Å². The summed E-state index contributed by atoms with van der Waals surface area (Å²) in [5.41, 5.74) is 2.86. The average Bonchev–Trinajstić information content (AvgIpc) is 2.86. The van der Waals surface area contributed by atoms with Crippen molar-refractivity contribution < 1.29 is 5.11 Å². The maximum atomic E-state index is 9.02. The normalized spacial score (nSPS) is 10.9. The summed E-state index contributed by atoms with van der Waals surface area (Å²) in [6.07, 6.45) is 3.21. The second kappa shape index (κ2) is 5.26. The first-order chi connectivity index (χ1) is 9.79. The van der Waals surface area contributed by atoms with Crippen molar-refractivity contribution in [3.05, 3.63) is 42.4 Å². The molecule has 0 bridgehead atoms. The van der Waals surface area contributed by atoms with Crippen molar-refractivity contribution in [1.82, 2.24) is 19.7 Å². The van der Waals surface area contributed by atoms with E-state index in [9.17, 15) is 0 Å². The molecule has 20 heavy (non-hydrogen) atoms. The molecule has 0 saturated heterocycles. The molecule has 102 valence electrons. The van der Waals surface area contributed by atoms with E-state index in [0.29, 0.717) is 18.0 Å². The van der Waals surface area contributed by atoms with E-state index in [1.54, 1.807) is 10.9 Å². The van der Waals surface area contributed by atoms with Crippen LogP contribution in [-0.2, 0) is 6.54 Å². The molecule has 3 rings (SSSR count). The average molecular weight is 269 g/mol. The van der Waals surface area contributed by atoms with Gasteiger partial charge in [-0.25, -0.2) is 14.6 Å². The molecular weight excluding hydrogens is 254 g/mol. The van der Waals surface area contributed by atoms with E-state index in [0.717, 1.165) is 16.6 Å². The monoisotopic (exact) mass is 269 g/mol. The number of nitrogens with zero attached hydrogens (tertiary/aromatic N) is 4. The molecule has 0 amide bonds. The maximum Gasteiger partial charge on any atom is 0.163 e. The Labute approximate surface area is 116 Å². The third kappa shape index (κ3) is 2.21. The van der Waals surface area contributed by atoms with E-state index in [2.05, 4.69) is 20.4 Å². The van der Waals surface area contributed by atoms with Crippen LogP contribution in [0, 0.1) is 6.92 Å². The Morgan fingerprint density at radius 1 is 1.25 bits per heavy atom. The number of hydrogen-bond acceptors (Lipinski definition) is 5. The van der Waals surface area contributed by atoms with Gasteiger partial charge in [-0.2, -0.15) is 5.10 Å². The highest BCUT2D eigenvalue weighted by Gasteiger charge is 2.10. The molecule has 0 spiro atoms. The number of aromatic nitrogens is 4. The van der Waals surface area contributed by atoms with E-state index >= 15 is 0 Å². The summed E-state index contributed by atoms with van der Waals surface area (Å²) >= 11 is 0. The van der Waals surface area contributed by atoms with Crippen molar-refractivity contribution in [2.24, 2.45) is 0 Å². The maximum absolute atomic E-state index is 9.02. The summed E-state index contributed by atoms with van der Waals surface area (Å²) in [5.74, 6) is 0.716. The molecule has 0 saturated carbocycles. The van der Waals surface area contributed by atoms with Crippen molar-refractivity contribution in [1.29, 1.82) is 0 Å². The number of nitrogens with one attached hydrogen (secondary N) is 1. The van der Waals surface area contributed by atoms with Crippen molar-refractivity contribution in [2.75, 3.05) is 11.9 Å². The standard InChI is InChI=1S/C14H15N5O/c1-10-4-2-3-5-12(10)18-13-11-8-17-19(6-7-20)14(11)16-9-15-13/h2-5,8-9,20H,6-7H2,1H3,(H,15,16,18). The quantitative estimate of drug-likeness (QED) is 0.756. The van der Waals surface area contributed by atoms with Gasteiger partial charge in [-0.15, -0.1) is 0 Å². The summed E-state index contributed by atoms with van der Waals surface area (Å²) < 4.78 is 1.67. The largest absolute Gasteiger partial charge is 0.394 e. The Morgan fingerprint density at radius 2 is 2.10 bits per heavy atom. The highest BCUT2D eigenvalue weighted by Crippen LogP contribution is 2.24. The van der Waals surface area contributed by atoms with Crippen molar-refractivity contribution >= 4 is 22.5 Å². The van der Waals surface area contributed by atoms with E-state index in [-0.39, 0.29) is 6.61 Å². The second-order valence-corrected chi connectivity index (χ2v) is 4.49. The van der Waals surface area contributed by atoms with Crippen LogP contribution >= 0.6 is 0 Å². The van der Waals surface area contributed by atoms with Crippen LogP contribution in [-0.4, -0.2) is 31.5 Å². The number of anilines is 2. The highest BCUT2D eigenvalue weighted by atomic mass is 16.3. The van der Waals surface area contributed by atoms with Crippen LogP contribution in [0.25, 0.3) is 11.0 Å². The molecule has 0 unspecified atom stereocenters. The minimum absolute atomic E-state index is 0.0291. The van der Waals surface area contributed by atoms with Gasteiger partial charge in [0, 0.05) is 5.69 Å². The number of aliphatic hydroxyl groups is 1. The number of aliphatic hydroxyl groups excluding tert-OH is 1. The van der Waals surface area contributed by atoms with E-state index in [4.69, 9.17) is 5.11 Å². The zero-order valence-electron chi connectivity index (χ0n) is 11.1. The summed E-state index contributed by atoms with van der Waals surface area (Å²) in [6.45, 7) is 2.49. The van der Waals surface area contributed by atoms with Gasteiger partial charge >= 0.3 is 0 Å². The number of rotatable bonds is 4. The predicted octanol–water partition coefficient (Wildman–Crippen LogP) is 1.87. The van der Waals surface area contributed by atoms with Crippen LogP contribution in [0.15, 0.2) is 36.8 Å². The van der Waals surface area contributed by atoms with Gasteiger partial charge in [-0.3, -0.25) is 0 Å². The number of benzene rings is 1. The fraction of sp³-hybridized carbons (Fsp3) is 0.214. The number of fused-ring (bicyclic) bond motifs is 1. The first kappa shape index (κ1) is 12.6. The summed E-state index contributed by atoms with van der Waals surface area (Å²) in [4.78, 5) is 8.50. The molecule has 2 aromatic heterocycles. The van der Waals surface area contributed by atoms with Crippen molar-refractivity contribution in [2.45, 2.75) is 13.5 Å². The zero-order valence-corrected chi connectivity index (χ0v) is 11.1. The smallest absolute Gasteiger partial charge is 0.163 e. The Morgan fingerprint density at radius 3 is 2.90 bits per heavy atom. The molecule has 0 aliphatic rings. The lowest BCUT2D eigenvalue weighted by Crippen LogP contribution is -2.05. The predicted molar refractivity (Wildman–Crippen MR) is 76.9 cm³/mol. The van der Waals surface area contributed by atoms with Crippen molar-refractivity contribution in [3.8, 4) is 0 Å².